The summed E-state index contributed by atoms with van der Waals surface area (Å²) in [5.74, 6) is 0.839. The molecule has 0 saturated heterocycles. The summed E-state index contributed by atoms with van der Waals surface area (Å²) >= 11 is 5.82. The first-order valence-electron chi connectivity index (χ1n) is 5.25. The average Bonchev–Trinajstić information content (AvgIpc) is 2.76. The van der Waals surface area contributed by atoms with Crippen LogP contribution in [0.25, 0.3) is 0 Å². The lowest BCUT2D eigenvalue weighted by Crippen LogP contribution is -1.98. The average molecular weight is 236 g/mol. The number of hydrogen-bond donors (Lipinski definition) is 2. The van der Waals surface area contributed by atoms with Crippen LogP contribution in [-0.4, -0.2) is 9.97 Å². The zero-order chi connectivity index (χ0) is 11.4. The van der Waals surface area contributed by atoms with Gasteiger partial charge in [0.2, 0.25) is 0 Å². The number of hydrogen-bond acceptors (Lipinski definition) is 2. The number of nitrogens with zero attached hydrogens (tertiary/aromatic N) is 1. The van der Waals surface area contributed by atoms with Gasteiger partial charge in [-0.15, -0.1) is 0 Å². The molecule has 0 radical (unpaired) electrons. The zero-order valence-corrected chi connectivity index (χ0v) is 9.67. The Morgan fingerprint density at radius 1 is 1.19 bits per heavy atom. The van der Waals surface area contributed by atoms with Gasteiger partial charge in [-0.3, -0.25) is 0 Å². The van der Waals surface area contributed by atoms with Gasteiger partial charge in [0.1, 0.15) is 5.82 Å². The number of nitrogens with one attached hydrogen (secondary N) is 1. The van der Waals surface area contributed by atoms with Crippen LogP contribution in [0.3, 0.4) is 0 Å². The summed E-state index contributed by atoms with van der Waals surface area (Å²) in [4.78, 5) is 7.34. The van der Waals surface area contributed by atoms with Crippen LogP contribution in [0.2, 0.25) is 5.02 Å². The van der Waals surface area contributed by atoms with Crippen molar-refractivity contribution in [2.75, 3.05) is 0 Å². The Labute approximate surface area is 99.7 Å². The van der Waals surface area contributed by atoms with Crippen LogP contribution in [0.5, 0.6) is 0 Å². The number of rotatable bonds is 4. The van der Waals surface area contributed by atoms with Crippen molar-refractivity contribution in [1.82, 2.24) is 9.97 Å². The molecule has 0 aliphatic carbocycles. The number of H-pyrrole nitrogens is 1. The number of aromatic amines is 1. The third-order valence-electron chi connectivity index (χ3n) is 2.47. The van der Waals surface area contributed by atoms with Crippen LogP contribution in [0.15, 0.2) is 30.5 Å². The van der Waals surface area contributed by atoms with Crippen molar-refractivity contribution >= 4 is 11.6 Å². The van der Waals surface area contributed by atoms with Crippen LogP contribution in [0.1, 0.15) is 17.1 Å². The molecule has 0 unspecified atom stereocenters. The van der Waals surface area contributed by atoms with E-state index in [4.69, 9.17) is 17.3 Å². The molecule has 1 heterocycles. The summed E-state index contributed by atoms with van der Waals surface area (Å²) in [5, 5.41) is 0.774. The van der Waals surface area contributed by atoms with Crippen LogP contribution < -0.4 is 5.73 Å². The highest BCUT2D eigenvalue weighted by Crippen LogP contribution is 2.11. The fraction of sp³-hybridized carbons (Fsp3) is 0.250. The summed E-state index contributed by atoms with van der Waals surface area (Å²) in [6.07, 6.45) is 3.76. The molecule has 2 rings (SSSR count). The molecule has 0 fully saturated rings. The summed E-state index contributed by atoms with van der Waals surface area (Å²) in [5.41, 5.74) is 7.87. The Bertz CT molecular complexity index is 448. The molecule has 0 saturated carbocycles. The molecule has 1 aromatic heterocycles. The minimum atomic E-state index is 0.459. The summed E-state index contributed by atoms with van der Waals surface area (Å²) < 4.78 is 0. The van der Waals surface area contributed by atoms with Gasteiger partial charge in [-0.2, -0.15) is 0 Å². The molecular formula is C12H14ClN3. The van der Waals surface area contributed by atoms with E-state index < -0.39 is 0 Å². The molecule has 0 aliphatic rings. The first-order chi connectivity index (χ1) is 7.78. The maximum atomic E-state index is 5.82. The molecule has 16 heavy (non-hydrogen) atoms. The third-order valence-corrected chi connectivity index (χ3v) is 2.72. The lowest BCUT2D eigenvalue weighted by Gasteiger charge is -1.99. The molecule has 0 bridgehead atoms. The number of aryl methyl sites for hydroxylation is 2. The van der Waals surface area contributed by atoms with Gasteiger partial charge in [-0.05, 0) is 30.5 Å². The van der Waals surface area contributed by atoms with E-state index in [1.165, 1.54) is 5.56 Å². The zero-order valence-electron chi connectivity index (χ0n) is 8.91. The topological polar surface area (TPSA) is 54.7 Å². The van der Waals surface area contributed by atoms with Crippen molar-refractivity contribution in [2.24, 2.45) is 5.73 Å². The van der Waals surface area contributed by atoms with Crippen LogP contribution in [-0.2, 0) is 19.4 Å². The van der Waals surface area contributed by atoms with Crippen molar-refractivity contribution in [1.29, 1.82) is 0 Å². The number of aromatic nitrogens is 2. The van der Waals surface area contributed by atoms with Crippen molar-refractivity contribution in [3.8, 4) is 0 Å². The van der Waals surface area contributed by atoms with E-state index in [1.807, 2.05) is 30.5 Å². The van der Waals surface area contributed by atoms with E-state index in [0.717, 1.165) is 29.4 Å². The lowest BCUT2D eigenvalue weighted by atomic mass is 10.1. The van der Waals surface area contributed by atoms with E-state index in [-0.39, 0.29) is 0 Å². The molecule has 0 atom stereocenters. The number of imidazole rings is 1. The monoisotopic (exact) mass is 235 g/mol. The Hall–Kier alpha value is -1.32. The molecule has 84 valence electrons. The minimum Gasteiger partial charge on any atom is -0.345 e. The molecule has 3 N–H and O–H groups in total. The maximum Gasteiger partial charge on any atom is 0.120 e. The predicted octanol–water partition coefficient (Wildman–Crippen LogP) is 2.31. The Kier molecular flexibility index (Phi) is 3.59. The number of benzene rings is 1. The van der Waals surface area contributed by atoms with Gasteiger partial charge in [0, 0.05) is 16.9 Å². The molecule has 3 nitrogen and oxygen atoms in total. The van der Waals surface area contributed by atoms with Gasteiger partial charge in [-0.1, -0.05) is 23.7 Å². The van der Waals surface area contributed by atoms with Crippen LogP contribution >= 0.6 is 11.6 Å². The van der Waals surface area contributed by atoms with Gasteiger partial charge in [0.25, 0.3) is 0 Å². The Balaban J connectivity index is 1.94. The molecule has 0 amide bonds. The number of nitrogens with two attached hydrogens (primary N) is 1. The second-order valence-corrected chi connectivity index (χ2v) is 4.12. The van der Waals surface area contributed by atoms with E-state index in [9.17, 15) is 0 Å². The van der Waals surface area contributed by atoms with Crippen LogP contribution in [0.4, 0.5) is 0 Å². The molecule has 0 aliphatic heterocycles. The lowest BCUT2D eigenvalue weighted by molar-refractivity contribution is 0.895. The highest BCUT2D eigenvalue weighted by molar-refractivity contribution is 6.30. The van der Waals surface area contributed by atoms with E-state index in [1.54, 1.807) is 0 Å². The first kappa shape index (κ1) is 11.2. The smallest absolute Gasteiger partial charge is 0.120 e. The van der Waals surface area contributed by atoms with Gasteiger partial charge < -0.3 is 10.7 Å². The highest BCUT2D eigenvalue weighted by Gasteiger charge is 2.00. The maximum absolute atomic E-state index is 5.82. The van der Waals surface area contributed by atoms with Crippen molar-refractivity contribution < 1.29 is 0 Å². The summed E-state index contributed by atoms with van der Waals surface area (Å²) in [7, 11) is 0. The summed E-state index contributed by atoms with van der Waals surface area (Å²) in [6.45, 7) is 0.459. The van der Waals surface area contributed by atoms with E-state index in [0.29, 0.717) is 6.54 Å². The standard InChI is InChI=1S/C12H14ClN3/c13-10-4-1-9(2-5-10)3-6-11-8-15-12(7-14)16-11/h1-2,4-5,8H,3,6-7,14H2,(H,15,16). The Morgan fingerprint density at radius 2 is 1.94 bits per heavy atom. The van der Waals surface area contributed by atoms with Gasteiger partial charge in [0.15, 0.2) is 0 Å². The molecule has 2 aromatic rings. The highest BCUT2D eigenvalue weighted by atomic mass is 35.5. The first-order valence-corrected chi connectivity index (χ1v) is 5.63. The van der Waals surface area contributed by atoms with Gasteiger partial charge in [-0.25, -0.2) is 4.98 Å². The summed E-state index contributed by atoms with van der Waals surface area (Å²) in [6, 6.07) is 7.91. The van der Waals surface area contributed by atoms with Crippen molar-refractivity contribution in [2.45, 2.75) is 19.4 Å². The second-order valence-electron chi connectivity index (χ2n) is 3.69. The van der Waals surface area contributed by atoms with Crippen molar-refractivity contribution in [3.63, 3.8) is 0 Å². The minimum absolute atomic E-state index is 0.459. The third kappa shape index (κ3) is 2.84. The fourth-order valence-corrected chi connectivity index (χ4v) is 1.69. The van der Waals surface area contributed by atoms with Crippen LogP contribution in [0, 0.1) is 0 Å². The number of halogens is 1. The SMILES string of the molecule is NCc1ncc(CCc2ccc(Cl)cc2)[nH]1. The van der Waals surface area contributed by atoms with Crippen molar-refractivity contribution in [3.05, 3.63) is 52.6 Å². The fourth-order valence-electron chi connectivity index (χ4n) is 1.57. The van der Waals surface area contributed by atoms with Gasteiger partial charge >= 0.3 is 0 Å². The van der Waals surface area contributed by atoms with E-state index >= 15 is 0 Å². The Morgan fingerprint density at radius 3 is 2.56 bits per heavy atom. The second kappa shape index (κ2) is 5.14. The normalized spacial score (nSPS) is 10.6. The van der Waals surface area contributed by atoms with E-state index in [2.05, 4.69) is 9.97 Å². The largest absolute Gasteiger partial charge is 0.345 e. The molecular weight excluding hydrogens is 222 g/mol. The molecule has 0 spiro atoms. The predicted molar refractivity (Wildman–Crippen MR) is 65.3 cm³/mol. The molecule has 4 heteroatoms. The molecule has 1 aromatic carbocycles. The quantitative estimate of drug-likeness (QED) is 0.855. The van der Waals surface area contributed by atoms with Gasteiger partial charge in [0.05, 0.1) is 6.54 Å².